The van der Waals surface area contributed by atoms with Gasteiger partial charge in [-0.3, -0.25) is 4.79 Å². The summed E-state index contributed by atoms with van der Waals surface area (Å²) in [4.78, 5) is 11.4. The lowest BCUT2D eigenvalue weighted by molar-refractivity contribution is 0.0996. The van der Waals surface area contributed by atoms with Gasteiger partial charge in [0.1, 0.15) is 29.7 Å². The van der Waals surface area contributed by atoms with Crippen molar-refractivity contribution in [1.29, 1.82) is 0 Å². The molecule has 1 aromatic heterocycles. The summed E-state index contributed by atoms with van der Waals surface area (Å²) in [6.07, 6.45) is 0. The lowest BCUT2D eigenvalue weighted by Gasteiger charge is -2.11. The zero-order valence-electron chi connectivity index (χ0n) is 12.6. The summed E-state index contributed by atoms with van der Waals surface area (Å²) in [7, 11) is 0. The van der Waals surface area contributed by atoms with E-state index in [1.807, 2.05) is 0 Å². The fraction of sp³-hybridized carbons (Fsp3) is 0.0625. The first-order valence-corrected chi connectivity index (χ1v) is 7.40. The Labute approximate surface area is 145 Å². The lowest BCUT2D eigenvalue weighted by atomic mass is 10.1. The first kappa shape index (κ1) is 16.8. The molecule has 0 aliphatic rings. The van der Waals surface area contributed by atoms with Gasteiger partial charge in [-0.05, 0) is 30.3 Å². The van der Waals surface area contributed by atoms with Crippen LogP contribution < -0.4 is 10.5 Å². The zero-order valence-corrected chi connectivity index (χ0v) is 13.3. The summed E-state index contributed by atoms with van der Waals surface area (Å²) < 4.78 is 32.3. The highest BCUT2D eigenvalue weighted by molar-refractivity contribution is 6.31. The zero-order chi connectivity index (χ0) is 18.0. The molecule has 3 aromatic rings. The van der Waals surface area contributed by atoms with E-state index in [2.05, 4.69) is 15.4 Å². The van der Waals surface area contributed by atoms with E-state index < -0.39 is 17.5 Å². The molecule has 9 heteroatoms. The Balaban J connectivity index is 1.94. The summed E-state index contributed by atoms with van der Waals surface area (Å²) in [5.74, 6) is -1.90. The largest absolute Gasteiger partial charge is 0.488 e. The number of H-pyrrole nitrogens is 1. The molecular weight excluding hydrogens is 354 g/mol. The Hall–Kier alpha value is -3.00. The molecule has 0 aliphatic carbocycles. The second-order valence-electron chi connectivity index (χ2n) is 5.05. The highest BCUT2D eigenvalue weighted by Crippen LogP contribution is 2.33. The fourth-order valence-electron chi connectivity index (χ4n) is 2.20. The van der Waals surface area contributed by atoms with Crippen molar-refractivity contribution in [2.45, 2.75) is 6.61 Å². The summed E-state index contributed by atoms with van der Waals surface area (Å²) in [5, 5.41) is 10.3. The first-order chi connectivity index (χ1) is 12.0. The number of ether oxygens (including phenoxy) is 1. The van der Waals surface area contributed by atoms with Crippen LogP contribution in [0, 0.1) is 11.6 Å². The van der Waals surface area contributed by atoms with E-state index in [1.165, 1.54) is 12.1 Å². The fourth-order valence-corrected chi connectivity index (χ4v) is 2.37. The topological polar surface area (TPSA) is 93.9 Å². The van der Waals surface area contributed by atoms with Gasteiger partial charge in [-0.1, -0.05) is 11.6 Å². The van der Waals surface area contributed by atoms with Crippen molar-refractivity contribution >= 4 is 17.5 Å². The molecule has 0 unspecified atom stereocenters. The molecule has 0 atom stereocenters. The Morgan fingerprint density at radius 3 is 2.72 bits per heavy atom. The Kier molecular flexibility index (Phi) is 4.62. The number of aromatic nitrogens is 3. The number of nitrogens with two attached hydrogens (primary N) is 1. The average molecular weight is 365 g/mol. The van der Waals surface area contributed by atoms with Crippen LogP contribution >= 0.6 is 11.6 Å². The van der Waals surface area contributed by atoms with Crippen LogP contribution in [0.2, 0.25) is 5.02 Å². The molecule has 0 bridgehead atoms. The van der Waals surface area contributed by atoms with Crippen molar-refractivity contribution < 1.29 is 18.3 Å². The van der Waals surface area contributed by atoms with E-state index in [1.54, 1.807) is 12.1 Å². The first-order valence-electron chi connectivity index (χ1n) is 7.03. The minimum Gasteiger partial charge on any atom is -0.488 e. The molecule has 6 nitrogen and oxygen atoms in total. The normalized spacial score (nSPS) is 10.7. The van der Waals surface area contributed by atoms with Crippen LogP contribution in [0.5, 0.6) is 5.75 Å². The van der Waals surface area contributed by atoms with E-state index in [9.17, 15) is 13.6 Å². The highest BCUT2D eigenvalue weighted by Gasteiger charge is 2.19. The van der Waals surface area contributed by atoms with Gasteiger partial charge in [0.05, 0.1) is 0 Å². The molecule has 0 saturated carbocycles. The van der Waals surface area contributed by atoms with Crippen molar-refractivity contribution in [2.24, 2.45) is 5.73 Å². The molecule has 128 valence electrons. The van der Waals surface area contributed by atoms with E-state index in [0.29, 0.717) is 10.6 Å². The molecule has 1 amide bonds. The number of nitrogens with zero attached hydrogens (tertiary/aromatic N) is 2. The monoisotopic (exact) mass is 364 g/mol. The number of primary amides is 1. The molecule has 0 aliphatic heterocycles. The van der Waals surface area contributed by atoms with Crippen molar-refractivity contribution in [3.8, 4) is 17.0 Å². The van der Waals surface area contributed by atoms with Crippen molar-refractivity contribution in [2.75, 3.05) is 0 Å². The molecule has 25 heavy (non-hydrogen) atoms. The summed E-state index contributed by atoms with van der Waals surface area (Å²) in [5.41, 5.74) is 5.86. The second kappa shape index (κ2) is 6.86. The number of rotatable bonds is 5. The molecular formula is C16H11ClF2N4O2. The van der Waals surface area contributed by atoms with Gasteiger partial charge in [0.15, 0.2) is 5.69 Å². The molecule has 0 fully saturated rings. The number of halogens is 3. The van der Waals surface area contributed by atoms with Gasteiger partial charge >= 0.3 is 0 Å². The van der Waals surface area contributed by atoms with E-state index in [-0.39, 0.29) is 29.3 Å². The predicted molar refractivity (Wildman–Crippen MR) is 86.0 cm³/mol. The minimum atomic E-state index is -0.778. The maximum Gasteiger partial charge on any atom is 0.271 e. The summed E-state index contributed by atoms with van der Waals surface area (Å²) in [6, 6.07) is 7.80. The molecule has 2 aromatic carbocycles. The number of carbonyl (C=O) groups is 1. The predicted octanol–water partition coefficient (Wildman–Crippen LogP) is 3.08. The standard InChI is InChI=1S/C16H11ClF2N4O2/c17-9-2-4-13(25-7-8-1-3-10(18)6-12(8)19)11(5-9)14-15(16(20)24)22-23-21-14/h1-6H,7H2,(H2,20,24)(H,21,22,23). The molecule has 0 spiro atoms. The van der Waals surface area contributed by atoms with Gasteiger partial charge in [0.25, 0.3) is 5.91 Å². The number of hydrogen-bond donors (Lipinski definition) is 2. The number of aromatic amines is 1. The molecule has 0 radical (unpaired) electrons. The number of amides is 1. The third kappa shape index (κ3) is 3.58. The Morgan fingerprint density at radius 2 is 2.00 bits per heavy atom. The van der Waals surface area contributed by atoms with Crippen LogP contribution in [-0.4, -0.2) is 21.3 Å². The van der Waals surface area contributed by atoms with Gasteiger partial charge in [0, 0.05) is 22.2 Å². The maximum atomic E-state index is 13.7. The summed E-state index contributed by atoms with van der Waals surface area (Å²) >= 11 is 5.99. The van der Waals surface area contributed by atoms with E-state index >= 15 is 0 Å². The van der Waals surface area contributed by atoms with Crippen LogP contribution in [0.3, 0.4) is 0 Å². The van der Waals surface area contributed by atoms with Gasteiger partial charge in [0.2, 0.25) is 0 Å². The van der Waals surface area contributed by atoms with Crippen LogP contribution in [-0.2, 0) is 6.61 Å². The van der Waals surface area contributed by atoms with Crippen molar-refractivity contribution in [3.63, 3.8) is 0 Å². The van der Waals surface area contributed by atoms with Gasteiger partial charge in [-0.25, -0.2) is 8.78 Å². The SMILES string of the molecule is NC(=O)c1n[nH]nc1-c1cc(Cl)ccc1OCc1ccc(F)cc1F. The quantitative estimate of drug-likeness (QED) is 0.727. The Morgan fingerprint density at radius 1 is 1.20 bits per heavy atom. The molecule has 3 N–H and O–H groups in total. The van der Waals surface area contributed by atoms with Crippen LogP contribution in [0.1, 0.15) is 16.1 Å². The number of hydrogen-bond acceptors (Lipinski definition) is 4. The summed E-state index contributed by atoms with van der Waals surface area (Å²) in [6.45, 7) is -0.162. The Bertz CT molecular complexity index is 946. The number of carbonyl (C=O) groups excluding carboxylic acids is 1. The second-order valence-corrected chi connectivity index (χ2v) is 5.49. The van der Waals surface area contributed by atoms with Crippen molar-refractivity contribution in [3.05, 3.63) is 64.3 Å². The lowest BCUT2D eigenvalue weighted by Crippen LogP contribution is -2.13. The molecule has 3 rings (SSSR count). The van der Waals surface area contributed by atoms with Crippen LogP contribution in [0.4, 0.5) is 8.78 Å². The van der Waals surface area contributed by atoms with Gasteiger partial charge in [-0.2, -0.15) is 15.4 Å². The molecule has 1 heterocycles. The van der Waals surface area contributed by atoms with Gasteiger partial charge < -0.3 is 10.5 Å². The van der Waals surface area contributed by atoms with E-state index in [0.717, 1.165) is 12.1 Å². The van der Waals surface area contributed by atoms with Crippen LogP contribution in [0.25, 0.3) is 11.3 Å². The van der Waals surface area contributed by atoms with E-state index in [4.69, 9.17) is 22.1 Å². The number of benzene rings is 2. The van der Waals surface area contributed by atoms with Crippen LogP contribution in [0.15, 0.2) is 36.4 Å². The minimum absolute atomic E-state index is 0.0833. The van der Waals surface area contributed by atoms with Gasteiger partial charge in [-0.15, -0.1) is 0 Å². The third-order valence-electron chi connectivity index (χ3n) is 3.38. The maximum absolute atomic E-state index is 13.7. The third-order valence-corrected chi connectivity index (χ3v) is 3.61. The molecule has 0 saturated heterocycles. The average Bonchev–Trinajstić information content (AvgIpc) is 3.04. The highest BCUT2D eigenvalue weighted by atomic mass is 35.5. The van der Waals surface area contributed by atoms with Crippen molar-refractivity contribution in [1.82, 2.24) is 15.4 Å². The number of nitrogens with one attached hydrogen (secondary N) is 1. The smallest absolute Gasteiger partial charge is 0.271 e.